The summed E-state index contributed by atoms with van der Waals surface area (Å²) in [4.78, 5) is 0. The van der Waals surface area contributed by atoms with E-state index in [0.717, 1.165) is 0 Å². The normalized spacial score (nSPS) is 11.5. The van der Waals surface area contributed by atoms with E-state index in [1.54, 1.807) is 6.07 Å². The van der Waals surface area contributed by atoms with Gasteiger partial charge < -0.3 is 0 Å². The fourth-order valence-corrected chi connectivity index (χ4v) is 1.96. The van der Waals surface area contributed by atoms with E-state index in [1.165, 1.54) is 18.2 Å². The van der Waals surface area contributed by atoms with Crippen molar-refractivity contribution in [2.24, 2.45) is 0 Å². The summed E-state index contributed by atoms with van der Waals surface area (Å²) < 4.78 is 28.2. The molecule has 0 amide bonds. The standard InChI is InChI=1S/C6H8AsNO3/c8-6-3-1-2-5(4-6)7(9,10)11/h1-4H,8H2,(H2,9,10,11). The van der Waals surface area contributed by atoms with Crippen molar-refractivity contribution in [3.8, 4) is 0 Å². The van der Waals surface area contributed by atoms with E-state index < -0.39 is 14.2 Å². The van der Waals surface area contributed by atoms with Gasteiger partial charge in [0.2, 0.25) is 0 Å². The van der Waals surface area contributed by atoms with Gasteiger partial charge in [-0.05, 0) is 0 Å². The van der Waals surface area contributed by atoms with Crippen molar-refractivity contribution in [1.82, 2.24) is 0 Å². The summed E-state index contributed by atoms with van der Waals surface area (Å²) in [5.74, 6) is 0. The molecule has 0 saturated carbocycles. The quantitative estimate of drug-likeness (QED) is 0.408. The van der Waals surface area contributed by atoms with Crippen LogP contribution in [0.25, 0.3) is 0 Å². The molecule has 11 heavy (non-hydrogen) atoms. The van der Waals surface area contributed by atoms with Gasteiger partial charge in [0.25, 0.3) is 0 Å². The Kier molecular flexibility index (Phi) is 2.09. The first-order valence-electron chi connectivity index (χ1n) is 2.92. The van der Waals surface area contributed by atoms with Gasteiger partial charge in [-0.2, -0.15) is 0 Å². The molecule has 0 aromatic heterocycles. The second-order valence-corrected chi connectivity index (χ2v) is 5.51. The average Bonchev–Trinajstić information content (AvgIpc) is 1.86. The molecule has 1 aromatic rings. The Morgan fingerprint density at radius 1 is 1.36 bits per heavy atom. The fourth-order valence-electron chi connectivity index (χ4n) is 0.706. The van der Waals surface area contributed by atoms with Crippen molar-refractivity contribution < 1.29 is 11.9 Å². The molecule has 0 atom stereocenters. The molecule has 1 aromatic carbocycles. The van der Waals surface area contributed by atoms with Crippen LogP contribution in [0.4, 0.5) is 5.69 Å². The Morgan fingerprint density at radius 3 is 2.36 bits per heavy atom. The summed E-state index contributed by atoms with van der Waals surface area (Å²) in [7, 11) is 0. The van der Waals surface area contributed by atoms with E-state index in [-0.39, 0.29) is 4.35 Å². The van der Waals surface area contributed by atoms with Crippen molar-refractivity contribution in [3.05, 3.63) is 24.3 Å². The Balaban J connectivity index is 3.17. The zero-order chi connectivity index (χ0) is 8.48. The summed E-state index contributed by atoms with van der Waals surface area (Å²) >= 11 is -4.71. The van der Waals surface area contributed by atoms with Gasteiger partial charge in [-0.1, -0.05) is 0 Å². The number of hydrogen-bond acceptors (Lipinski definition) is 2. The predicted molar refractivity (Wildman–Crippen MR) is 41.4 cm³/mol. The first-order chi connectivity index (χ1) is 5.00. The van der Waals surface area contributed by atoms with Crippen molar-refractivity contribution in [2.75, 3.05) is 5.73 Å². The van der Waals surface area contributed by atoms with Gasteiger partial charge in [0.1, 0.15) is 0 Å². The van der Waals surface area contributed by atoms with Gasteiger partial charge in [-0.15, -0.1) is 0 Å². The van der Waals surface area contributed by atoms with Crippen LogP contribution in [0.5, 0.6) is 0 Å². The van der Waals surface area contributed by atoms with Crippen LogP contribution in [-0.2, 0) is 3.74 Å². The Hall–Kier alpha value is -0.702. The molecule has 5 heteroatoms. The summed E-state index contributed by atoms with van der Waals surface area (Å²) in [5, 5.41) is 0. The summed E-state index contributed by atoms with van der Waals surface area (Å²) in [6, 6.07) is 5.76. The molecule has 1 rings (SSSR count). The Bertz CT molecular complexity index is 306. The van der Waals surface area contributed by atoms with Crippen LogP contribution in [0.1, 0.15) is 0 Å². The van der Waals surface area contributed by atoms with Crippen LogP contribution in [0.2, 0.25) is 0 Å². The number of anilines is 1. The van der Waals surface area contributed by atoms with Crippen molar-refractivity contribution in [1.29, 1.82) is 0 Å². The zero-order valence-corrected chi connectivity index (χ0v) is 7.51. The third-order valence-corrected chi connectivity index (χ3v) is 3.20. The molecule has 0 saturated heterocycles. The van der Waals surface area contributed by atoms with Gasteiger partial charge in [-0.3, -0.25) is 0 Å². The maximum atomic E-state index is 10.7. The van der Waals surface area contributed by atoms with Crippen LogP contribution in [0.3, 0.4) is 0 Å². The average molecular weight is 217 g/mol. The minimum absolute atomic E-state index is 0.0168. The number of hydrogen-bond donors (Lipinski definition) is 3. The topological polar surface area (TPSA) is 83.6 Å². The molecule has 0 fully saturated rings. The van der Waals surface area contributed by atoms with Crippen molar-refractivity contribution >= 4 is 24.2 Å². The van der Waals surface area contributed by atoms with Crippen LogP contribution in [0.15, 0.2) is 24.3 Å². The molecule has 0 spiro atoms. The first kappa shape index (κ1) is 8.40. The predicted octanol–water partition coefficient (Wildman–Crippen LogP) is -1.17. The fraction of sp³-hybridized carbons (Fsp3) is 0. The third-order valence-electron chi connectivity index (χ3n) is 1.21. The maximum absolute atomic E-state index is 10.7. The van der Waals surface area contributed by atoms with Crippen molar-refractivity contribution in [2.45, 2.75) is 0 Å². The molecule has 4 nitrogen and oxygen atoms in total. The molecule has 4 N–H and O–H groups in total. The SMILES string of the molecule is Nc1cccc([As](=O)(O)O)c1. The molecule has 0 heterocycles. The van der Waals surface area contributed by atoms with E-state index in [1.807, 2.05) is 0 Å². The van der Waals surface area contributed by atoms with E-state index in [4.69, 9.17) is 13.9 Å². The number of benzene rings is 1. The molecule has 0 bridgehead atoms. The van der Waals surface area contributed by atoms with E-state index in [0.29, 0.717) is 5.69 Å². The number of nitrogens with two attached hydrogens (primary N) is 1. The summed E-state index contributed by atoms with van der Waals surface area (Å²) in [6.45, 7) is 0. The molecule has 60 valence electrons. The van der Waals surface area contributed by atoms with Gasteiger partial charge in [0.05, 0.1) is 0 Å². The van der Waals surface area contributed by atoms with E-state index >= 15 is 0 Å². The molecule has 0 aliphatic heterocycles. The first-order valence-corrected chi connectivity index (χ1v) is 6.30. The zero-order valence-electron chi connectivity index (χ0n) is 5.64. The van der Waals surface area contributed by atoms with Gasteiger partial charge in [-0.25, -0.2) is 0 Å². The monoisotopic (exact) mass is 217 g/mol. The Morgan fingerprint density at radius 2 is 2.00 bits per heavy atom. The van der Waals surface area contributed by atoms with Crippen LogP contribution < -0.4 is 10.1 Å². The van der Waals surface area contributed by atoms with Gasteiger partial charge >= 0.3 is 66.1 Å². The number of nitrogen functional groups attached to an aromatic ring is 1. The molecule has 0 aliphatic carbocycles. The Labute approximate surface area is 66.7 Å². The van der Waals surface area contributed by atoms with E-state index in [2.05, 4.69) is 0 Å². The van der Waals surface area contributed by atoms with Crippen LogP contribution in [0, 0.1) is 0 Å². The van der Waals surface area contributed by atoms with Gasteiger partial charge in [0.15, 0.2) is 0 Å². The van der Waals surface area contributed by atoms with Crippen LogP contribution >= 0.6 is 0 Å². The molecular weight excluding hydrogens is 209 g/mol. The van der Waals surface area contributed by atoms with E-state index in [9.17, 15) is 3.74 Å². The number of rotatable bonds is 1. The summed E-state index contributed by atoms with van der Waals surface area (Å²) in [5.41, 5.74) is 5.69. The third kappa shape index (κ3) is 2.12. The van der Waals surface area contributed by atoms with Crippen LogP contribution in [-0.4, -0.2) is 22.4 Å². The minimum atomic E-state index is -4.71. The van der Waals surface area contributed by atoms with Crippen molar-refractivity contribution in [3.63, 3.8) is 0 Å². The molecule has 0 unspecified atom stereocenters. The van der Waals surface area contributed by atoms with Gasteiger partial charge in [0, 0.05) is 0 Å². The molecule has 0 radical (unpaired) electrons. The second-order valence-electron chi connectivity index (χ2n) is 2.14. The molecule has 0 aliphatic rings. The summed E-state index contributed by atoms with van der Waals surface area (Å²) in [6.07, 6.45) is 0. The second kappa shape index (κ2) is 2.74. The molecular formula is C6H8AsNO3.